The molecule has 0 aromatic rings. The van der Waals surface area contributed by atoms with Gasteiger partial charge >= 0.3 is 0 Å². The van der Waals surface area contributed by atoms with Crippen molar-refractivity contribution in [3.8, 4) is 0 Å². The zero-order chi connectivity index (χ0) is 8.97. The molecule has 12 heavy (non-hydrogen) atoms. The van der Waals surface area contributed by atoms with Gasteiger partial charge in [0.2, 0.25) is 0 Å². The number of hydrogen-bond donors (Lipinski definition) is 1. The maximum absolute atomic E-state index is 5.84. The molecule has 0 bridgehead atoms. The largest absolute Gasteiger partial charge is 0.328 e. The van der Waals surface area contributed by atoms with Gasteiger partial charge in [-0.05, 0) is 58.7 Å². The number of hydrogen-bond acceptors (Lipinski definition) is 2. The Labute approximate surface area is 76.1 Å². The molecular weight excluding hydrogens is 148 g/mol. The van der Waals surface area contributed by atoms with Crippen LogP contribution in [0.5, 0.6) is 0 Å². The van der Waals surface area contributed by atoms with Crippen molar-refractivity contribution in [1.82, 2.24) is 4.90 Å². The molecule has 0 aromatic carbocycles. The van der Waals surface area contributed by atoms with E-state index in [1.165, 1.54) is 38.6 Å². The van der Waals surface area contributed by atoms with E-state index in [0.29, 0.717) is 6.04 Å². The number of nitrogens with zero attached hydrogens (tertiary/aromatic N) is 1. The van der Waals surface area contributed by atoms with E-state index in [1.54, 1.807) is 0 Å². The predicted molar refractivity (Wildman–Crippen MR) is 53.1 cm³/mol. The van der Waals surface area contributed by atoms with Gasteiger partial charge in [0, 0.05) is 6.04 Å². The normalized spacial score (nSPS) is 31.0. The van der Waals surface area contributed by atoms with E-state index < -0.39 is 0 Å². The minimum atomic E-state index is 0.501. The van der Waals surface area contributed by atoms with Crippen molar-refractivity contribution in [2.24, 2.45) is 11.7 Å². The predicted octanol–water partition coefficient (Wildman–Crippen LogP) is 1.46. The Bertz CT molecular complexity index is 115. The Morgan fingerprint density at radius 1 is 1.17 bits per heavy atom. The molecule has 1 saturated carbocycles. The minimum Gasteiger partial charge on any atom is -0.328 e. The zero-order valence-electron chi connectivity index (χ0n) is 8.42. The Morgan fingerprint density at radius 2 is 1.75 bits per heavy atom. The molecule has 2 heteroatoms. The van der Waals surface area contributed by atoms with Crippen molar-refractivity contribution in [3.05, 3.63) is 0 Å². The van der Waals surface area contributed by atoms with Gasteiger partial charge < -0.3 is 10.6 Å². The highest BCUT2D eigenvalue weighted by Gasteiger charge is 2.17. The molecule has 0 amide bonds. The van der Waals surface area contributed by atoms with Crippen molar-refractivity contribution in [2.45, 2.75) is 38.1 Å². The van der Waals surface area contributed by atoms with Gasteiger partial charge in [-0.15, -0.1) is 0 Å². The summed E-state index contributed by atoms with van der Waals surface area (Å²) in [6.07, 6.45) is 6.57. The maximum atomic E-state index is 5.84. The second-order valence-electron chi connectivity index (χ2n) is 4.37. The van der Waals surface area contributed by atoms with Gasteiger partial charge in [-0.3, -0.25) is 0 Å². The third kappa shape index (κ3) is 3.55. The average molecular weight is 170 g/mol. The molecule has 0 aromatic heterocycles. The van der Waals surface area contributed by atoms with Crippen LogP contribution in [0.3, 0.4) is 0 Å². The fourth-order valence-corrected chi connectivity index (χ4v) is 1.92. The fourth-order valence-electron chi connectivity index (χ4n) is 1.92. The fraction of sp³-hybridized carbons (Fsp3) is 1.00. The van der Waals surface area contributed by atoms with Gasteiger partial charge in [-0.1, -0.05) is 0 Å². The van der Waals surface area contributed by atoms with Crippen molar-refractivity contribution in [2.75, 3.05) is 20.6 Å². The van der Waals surface area contributed by atoms with Gasteiger partial charge in [0.25, 0.3) is 0 Å². The highest BCUT2D eigenvalue weighted by molar-refractivity contribution is 4.74. The molecule has 0 spiro atoms. The zero-order valence-corrected chi connectivity index (χ0v) is 8.42. The summed E-state index contributed by atoms with van der Waals surface area (Å²) in [5.41, 5.74) is 5.84. The highest BCUT2D eigenvalue weighted by Crippen LogP contribution is 2.25. The molecule has 1 fully saturated rings. The van der Waals surface area contributed by atoms with E-state index in [1.807, 2.05) is 0 Å². The second kappa shape index (κ2) is 4.83. The van der Waals surface area contributed by atoms with Crippen LogP contribution in [0.1, 0.15) is 32.1 Å². The van der Waals surface area contributed by atoms with Crippen LogP contribution in [-0.2, 0) is 0 Å². The summed E-state index contributed by atoms with van der Waals surface area (Å²) < 4.78 is 0. The third-order valence-corrected chi connectivity index (χ3v) is 2.88. The van der Waals surface area contributed by atoms with E-state index in [0.717, 1.165) is 5.92 Å². The lowest BCUT2D eigenvalue weighted by molar-refractivity contribution is 0.275. The third-order valence-electron chi connectivity index (χ3n) is 2.88. The van der Waals surface area contributed by atoms with Crippen molar-refractivity contribution >= 4 is 0 Å². The molecule has 1 aliphatic rings. The van der Waals surface area contributed by atoms with Crippen LogP contribution in [0.15, 0.2) is 0 Å². The van der Waals surface area contributed by atoms with Crippen LogP contribution in [0.25, 0.3) is 0 Å². The number of nitrogens with two attached hydrogens (primary N) is 1. The lowest BCUT2D eigenvalue weighted by atomic mass is 9.84. The molecule has 2 N–H and O–H groups in total. The molecule has 0 atom stereocenters. The molecule has 2 nitrogen and oxygen atoms in total. The van der Waals surface area contributed by atoms with Gasteiger partial charge in [-0.2, -0.15) is 0 Å². The molecule has 1 rings (SSSR count). The van der Waals surface area contributed by atoms with Crippen LogP contribution in [0.4, 0.5) is 0 Å². The van der Waals surface area contributed by atoms with Crippen molar-refractivity contribution < 1.29 is 0 Å². The summed E-state index contributed by atoms with van der Waals surface area (Å²) in [4.78, 5) is 2.27. The van der Waals surface area contributed by atoms with Gasteiger partial charge in [0.1, 0.15) is 0 Å². The lowest BCUT2D eigenvalue weighted by Gasteiger charge is -2.26. The smallest absolute Gasteiger partial charge is 0.00390 e. The molecule has 0 unspecified atom stereocenters. The van der Waals surface area contributed by atoms with E-state index in [9.17, 15) is 0 Å². The van der Waals surface area contributed by atoms with Crippen molar-refractivity contribution in [1.29, 1.82) is 0 Å². The summed E-state index contributed by atoms with van der Waals surface area (Å²) in [7, 11) is 4.29. The lowest BCUT2D eigenvalue weighted by Crippen LogP contribution is -2.28. The Kier molecular flexibility index (Phi) is 4.02. The van der Waals surface area contributed by atoms with E-state index in [4.69, 9.17) is 5.73 Å². The summed E-state index contributed by atoms with van der Waals surface area (Å²) in [6.45, 7) is 1.24. The van der Waals surface area contributed by atoms with Crippen molar-refractivity contribution in [3.63, 3.8) is 0 Å². The Balaban J connectivity index is 2.09. The van der Waals surface area contributed by atoms with Crippen LogP contribution < -0.4 is 5.73 Å². The molecule has 0 saturated heterocycles. The summed E-state index contributed by atoms with van der Waals surface area (Å²) in [5.74, 6) is 0.951. The maximum Gasteiger partial charge on any atom is 0.00390 e. The molecule has 72 valence electrons. The molecule has 1 aliphatic carbocycles. The second-order valence-corrected chi connectivity index (χ2v) is 4.37. The first-order chi connectivity index (χ1) is 5.68. The average Bonchev–Trinajstić information content (AvgIpc) is 2.03. The van der Waals surface area contributed by atoms with Gasteiger partial charge in [0.05, 0.1) is 0 Å². The molecule has 0 heterocycles. The Morgan fingerprint density at radius 3 is 2.25 bits per heavy atom. The highest BCUT2D eigenvalue weighted by atomic mass is 15.0. The SMILES string of the molecule is CN(C)CC[C@H]1CC[C@H](N)CC1. The first kappa shape index (κ1) is 10.0. The molecular formula is C10H22N2. The first-order valence-corrected chi connectivity index (χ1v) is 5.09. The summed E-state index contributed by atoms with van der Waals surface area (Å²) >= 11 is 0. The minimum absolute atomic E-state index is 0.501. The summed E-state index contributed by atoms with van der Waals surface area (Å²) in [5, 5.41) is 0. The van der Waals surface area contributed by atoms with Crippen LogP contribution in [0.2, 0.25) is 0 Å². The monoisotopic (exact) mass is 170 g/mol. The van der Waals surface area contributed by atoms with Gasteiger partial charge in [0.15, 0.2) is 0 Å². The van der Waals surface area contributed by atoms with Crippen LogP contribution in [-0.4, -0.2) is 31.6 Å². The van der Waals surface area contributed by atoms with Crippen LogP contribution >= 0.6 is 0 Å². The Hall–Kier alpha value is -0.0800. The van der Waals surface area contributed by atoms with Gasteiger partial charge in [-0.25, -0.2) is 0 Å². The van der Waals surface area contributed by atoms with E-state index in [-0.39, 0.29) is 0 Å². The molecule has 0 radical (unpaired) electrons. The van der Waals surface area contributed by atoms with E-state index in [2.05, 4.69) is 19.0 Å². The van der Waals surface area contributed by atoms with Crippen LogP contribution in [0, 0.1) is 5.92 Å². The quantitative estimate of drug-likeness (QED) is 0.694. The molecule has 0 aliphatic heterocycles. The first-order valence-electron chi connectivity index (χ1n) is 5.09. The standard InChI is InChI=1S/C10H22N2/c1-12(2)8-7-9-3-5-10(11)6-4-9/h9-10H,3-8,11H2,1-2H3/t9-,10-. The topological polar surface area (TPSA) is 29.3 Å². The van der Waals surface area contributed by atoms with E-state index >= 15 is 0 Å². The number of rotatable bonds is 3. The summed E-state index contributed by atoms with van der Waals surface area (Å²) in [6, 6.07) is 0.501.